The summed E-state index contributed by atoms with van der Waals surface area (Å²) < 4.78 is 19.8. The Balaban J connectivity index is -0.000000196. The van der Waals surface area contributed by atoms with Gasteiger partial charge in [-0.25, -0.2) is 12.1 Å². The second-order valence-corrected chi connectivity index (χ2v) is 2.47. The summed E-state index contributed by atoms with van der Waals surface area (Å²) in [7, 11) is 0. The van der Waals surface area contributed by atoms with E-state index in [4.69, 9.17) is 13.7 Å². The van der Waals surface area contributed by atoms with Crippen LogP contribution >= 0.6 is 0 Å². The third-order valence-electron chi connectivity index (χ3n) is 1.40. The van der Waals surface area contributed by atoms with Crippen LogP contribution in [0.2, 0.25) is 0 Å². The van der Waals surface area contributed by atoms with Crippen LogP contribution in [0.5, 0.6) is 0 Å². The van der Waals surface area contributed by atoms with Crippen LogP contribution in [0.1, 0.15) is 11.5 Å². The number of furan rings is 1. The molecule has 0 aliphatic rings. The van der Waals surface area contributed by atoms with Crippen LogP contribution < -0.4 is 0 Å². The van der Waals surface area contributed by atoms with E-state index in [1.165, 1.54) is 0 Å². The summed E-state index contributed by atoms with van der Waals surface area (Å²) in [6.45, 7) is 10.8. The van der Waals surface area contributed by atoms with Crippen molar-refractivity contribution in [3.05, 3.63) is 67.3 Å². The maximum absolute atomic E-state index is 9.80. The molecule has 18 heavy (non-hydrogen) atoms. The fourth-order valence-electron chi connectivity index (χ4n) is 0.810. The minimum Gasteiger partial charge on any atom is -0.214 e. The SMILES string of the molecule is Cc1ccc([C-]=O)o1.[C-]#[O+].[C-]#[O+].[Fe+6].c1cc[cH-]c1. The zero-order valence-electron chi connectivity index (χ0n) is 9.53. The summed E-state index contributed by atoms with van der Waals surface area (Å²) >= 11 is 0. The van der Waals surface area contributed by atoms with Gasteiger partial charge in [-0.15, -0.1) is 6.07 Å². The van der Waals surface area contributed by atoms with Crippen molar-refractivity contribution in [2.24, 2.45) is 0 Å². The maximum atomic E-state index is 9.80. The molecule has 0 fully saturated rings. The normalized spacial score (nSPS) is 6.50. The molecule has 0 saturated heterocycles. The Morgan fingerprint density at radius 2 is 1.67 bits per heavy atom. The molecular formula is C13H10FeO4+4. The van der Waals surface area contributed by atoms with E-state index in [9.17, 15) is 4.79 Å². The number of hydrogen-bond acceptors (Lipinski definition) is 2. The molecule has 0 radical (unpaired) electrons. The molecule has 0 atom stereocenters. The minimum atomic E-state index is 0. The molecule has 0 aliphatic carbocycles. The van der Waals surface area contributed by atoms with E-state index in [-0.39, 0.29) is 22.8 Å². The Kier molecular flexibility index (Phi) is 21.2. The van der Waals surface area contributed by atoms with Gasteiger partial charge in [0.25, 0.3) is 0 Å². The van der Waals surface area contributed by atoms with E-state index in [2.05, 4.69) is 13.3 Å². The summed E-state index contributed by atoms with van der Waals surface area (Å²) in [5, 5.41) is 0. The van der Waals surface area contributed by atoms with E-state index in [0.717, 1.165) is 5.76 Å². The third kappa shape index (κ3) is 12.4. The Labute approximate surface area is 116 Å². The second-order valence-electron chi connectivity index (χ2n) is 2.47. The van der Waals surface area contributed by atoms with Crippen LogP contribution in [-0.4, -0.2) is 6.29 Å². The van der Waals surface area contributed by atoms with Gasteiger partial charge in [-0.2, -0.15) is 24.3 Å². The molecule has 0 amide bonds. The Bertz CT molecular complexity index is 389. The van der Waals surface area contributed by atoms with Crippen LogP contribution in [0.3, 0.4) is 0 Å². The molecule has 0 aliphatic heterocycles. The topological polar surface area (TPSA) is 70.0 Å². The van der Waals surface area contributed by atoms with Crippen molar-refractivity contribution in [1.29, 1.82) is 0 Å². The van der Waals surface area contributed by atoms with Crippen molar-refractivity contribution in [3.63, 3.8) is 0 Å². The standard InChI is InChI=1S/C6H5O2.C5H5.2CO.Fe/c1-5-2-3-6(4-7)8-5;1-2-4-5-3-1;2*1-2;/h2-3H,1H3;1-5H;;;/q2*-1;;;+6. The molecule has 4 nitrogen and oxygen atoms in total. The van der Waals surface area contributed by atoms with Crippen LogP contribution in [0.25, 0.3) is 0 Å². The summed E-state index contributed by atoms with van der Waals surface area (Å²) in [6.07, 6.45) is 1.63. The van der Waals surface area contributed by atoms with Crippen LogP contribution in [0, 0.1) is 20.2 Å². The fraction of sp³-hybridized carbons (Fsp3) is 0.0769. The quantitative estimate of drug-likeness (QED) is 0.458. The van der Waals surface area contributed by atoms with Gasteiger partial charge in [-0.1, -0.05) is 0 Å². The molecule has 0 bridgehead atoms. The molecule has 0 unspecified atom stereocenters. The van der Waals surface area contributed by atoms with Gasteiger partial charge >= 0.3 is 39.7 Å². The summed E-state index contributed by atoms with van der Waals surface area (Å²) in [4.78, 5) is 9.80. The van der Waals surface area contributed by atoms with Gasteiger partial charge < -0.3 is 9.21 Å². The van der Waals surface area contributed by atoms with E-state index in [0.29, 0.717) is 0 Å². The van der Waals surface area contributed by atoms with Gasteiger partial charge in [0.2, 0.25) is 0 Å². The fourth-order valence-corrected chi connectivity index (χ4v) is 0.810. The van der Waals surface area contributed by atoms with E-state index >= 15 is 0 Å². The van der Waals surface area contributed by atoms with Gasteiger partial charge in [0, 0.05) is 6.29 Å². The van der Waals surface area contributed by atoms with Crippen LogP contribution in [-0.2, 0) is 31.2 Å². The van der Waals surface area contributed by atoms with Crippen molar-refractivity contribution in [1.82, 2.24) is 0 Å². The number of carbonyl (C=O) groups excluding carboxylic acids is 1. The zero-order valence-corrected chi connectivity index (χ0v) is 10.6. The van der Waals surface area contributed by atoms with Gasteiger partial charge in [0.15, 0.2) is 0 Å². The van der Waals surface area contributed by atoms with Crippen molar-refractivity contribution in [2.75, 3.05) is 0 Å². The van der Waals surface area contributed by atoms with Crippen molar-refractivity contribution >= 4 is 6.29 Å². The Morgan fingerprint density at radius 3 is 1.83 bits per heavy atom. The molecule has 0 N–H and O–H groups in total. The summed E-state index contributed by atoms with van der Waals surface area (Å²) in [5.41, 5.74) is 0. The van der Waals surface area contributed by atoms with Crippen molar-refractivity contribution < 1.29 is 35.6 Å². The largest absolute Gasteiger partial charge is 6.00 e. The first-order valence-electron chi connectivity index (χ1n) is 4.35. The van der Waals surface area contributed by atoms with E-state index in [1.54, 1.807) is 25.3 Å². The number of hydrogen-bond donors (Lipinski definition) is 0. The smallest absolute Gasteiger partial charge is 0.214 e. The molecule has 2 aromatic rings. The Morgan fingerprint density at radius 1 is 1.17 bits per heavy atom. The van der Waals surface area contributed by atoms with Crippen LogP contribution in [0.15, 0.2) is 46.9 Å². The third-order valence-corrected chi connectivity index (χ3v) is 1.40. The van der Waals surface area contributed by atoms with Crippen molar-refractivity contribution in [2.45, 2.75) is 6.92 Å². The average Bonchev–Trinajstić information content (AvgIpc) is 3.08. The summed E-state index contributed by atoms with van der Waals surface area (Å²) in [6, 6.07) is 13.3. The molecule has 1 aromatic carbocycles. The van der Waals surface area contributed by atoms with Crippen molar-refractivity contribution in [3.8, 4) is 0 Å². The minimum absolute atomic E-state index is 0. The molecule has 0 saturated carbocycles. The monoisotopic (exact) mass is 286 g/mol. The molecule has 1 aromatic heterocycles. The van der Waals surface area contributed by atoms with Gasteiger partial charge in [0.05, 0.1) is 5.76 Å². The average molecular weight is 286 g/mol. The predicted molar refractivity (Wildman–Crippen MR) is 58.1 cm³/mol. The van der Waals surface area contributed by atoms with Crippen LogP contribution in [0.4, 0.5) is 0 Å². The first-order valence-corrected chi connectivity index (χ1v) is 4.35. The molecule has 0 spiro atoms. The zero-order chi connectivity index (χ0) is 13.5. The molecule has 1 heterocycles. The van der Waals surface area contributed by atoms with Gasteiger partial charge in [-0.05, 0) is 12.7 Å². The number of aryl methyl sites for hydroxylation is 1. The van der Waals surface area contributed by atoms with E-state index < -0.39 is 0 Å². The first kappa shape index (κ1) is 21.6. The van der Waals surface area contributed by atoms with E-state index in [1.807, 2.05) is 30.3 Å². The molecular weight excluding hydrogens is 276 g/mol. The number of rotatable bonds is 1. The Hall–Kier alpha value is -1.70. The second kappa shape index (κ2) is 17.7. The van der Waals surface area contributed by atoms with Gasteiger partial charge in [0.1, 0.15) is 0 Å². The summed E-state index contributed by atoms with van der Waals surface area (Å²) in [5.74, 6) is 1.01. The van der Waals surface area contributed by atoms with Gasteiger partial charge in [-0.3, -0.25) is 0 Å². The molecule has 5 heteroatoms. The molecule has 2 rings (SSSR count). The predicted octanol–water partition coefficient (Wildman–Crippen LogP) is 2.37. The maximum Gasteiger partial charge on any atom is 6.00 e. The first-order chi connectivity index (χ1) is 8.33. The molecule has 90 valence electrons.